The van der Waals surface area contributed by atoms with Crippen molar-refractivity contribution in [1.82, 2.24) is 10.3 Å². The van der Waals surface area contributed by atoms with Crippen LogP contribution in [0.1, 0.15) is 10.4 Å². The van der Waals surface area contributed by atoms with Crippen molar-refractivity contribution in [2.45, 2.75) is 0 Å². The summed E-state index contributed by atoms with van der Waals surface area (Å²) in [5.74, 6) is -5.63. The van der Waals surface area contributed by atoms with Crippen LogP contribution in [0.3, 0.4) is 0 Å². The lowest BCUT2D eigenvalue weighted by molar-refractivity contribution is 0.0952. The van der Waals surface area contributed by atoms with Crippen LogP contribution in [0, 0.1) is 29.0 Å². The highest BCUT2D eigenvalue weighted by Gasteiger charge is 2.18. The van der Waals surface area contributed by atoms with Gasteiger partial charge in [-0.25, -0.2) is 4.39 Å². The third-order valence-electron chi connectivity index (χ3n) is 1.46. The second-order valence-corrected chi connectivity index (χ2v) is 2.44. The van der Waals surface area contributed by atoms with Crippen molar-refractivity contribution in [2.75, 3.05) is 6.54 Å². The number of hydrogen-bond acceptors (Lipinski definition) is 3. The first-order chi connectivity index (χ1) is 7.06. The van der Waals surface area contributed by atoms with Gasteiger partial charge in [0, 0.05) is 6.07 Å². The van der Waals surface area contributed by atoms with Gasteiger partial charge >= 0.3 is 0 Å². The van der Waals surface area contributed by atoms with Crippen molar-refractivity contribution < 1.29 is 18.0 Å². The van der Waals surface area contributed by atoms with E-state index in [1.807, 2.05) is 5.32 Å². The van der Waals surface area contributed by atoms with Crippen LogP contribution in [0.15, 0.2) is 6.07 Å². The van der Waals surface area contributed by atoms with Gasteiger partial charge in [-0.15, -0.1) is 0 Å². The van der Waals surface area contributed by atoms with Crippen LogP contribution in [0.5, 0.6) is 0 Å². The van der Waals surface area contributed by atoms with Crippen molar-refractivity contribution in [1.29, 1.82) is 5.26 Å². The standard InChI is InChI=1S/C8H4F3N3O/c9-5-3-4(6(10)7(11)14-5)8(15)13-2-1-12/h3H,2H2,(H,13,15). The third kappa shape index (κ3) is 2.43. The van der Waals surface area contributed by atoms with E-state index >= 15 is 0 Å². The number of nitriles is 1. The SMILES string of the molecule is N#CCNC(=O)c1cc(F)nc(F)c1F. The maximum absolute atomic E-state index is 12.9. The monoisotopic (exact) mass is 215 g/mol. The number of rotatable bonds is 2. The highest BCUT2D eigenvalue weighted by Crippen LogP contribution is 2.10. The quantitative estimate of drug-likeness (QED) is 0.584. The number of aromatic nitrogens is 1. The predicted octanol–water partition coefficient (Wildman–Crippen LogP) is 0.752. The van der Waals surface area contributed by atoms with Crippen molar-refractivity contribution >= 4 is 5.91 Å². The first kappa shape index (κ1) is 11.0. The van der Waals surface area contributed by atoms with Crippen LogP contribution >= 0.6 is 0 Å². The molecular weight excluding hydrogens is 211 g/mol. The zero-order chi connectivity index (χ0) is 11.4. The molecule has 0 aliphatic rings. The zero-order valence-electron chi connectivity index (χ0n) is 7.22. The summed E-state index contributed by atoms with van der Waals surface area (Å²) in [6.07, 6.45) is 0. The Kier molecular flexibility index (Phi) is 3.23. The zero-order valence-corrected chi connectivity index (χ0v) is 7.22. The highest BCUT2D eigenvalue weighted by atomic mass is 19.2. The Hall–Kier alpha value is -2.10. The summed E-state index contributed by atoms with van der Waals surface area (Å²) in [5, 5.41) is 10.1. The van der Waals surface area contributed by atoms with E-state index in [-0.39, 0.29) is 6.54 Å². The first-order valence-electron chi connectivity index (χ1n) is 3.73. The molecule has 1 amide bonds. The number of halogens is 3. The average Bonchev–Trinajstić information content (AvgIpc) is 2.19. The summed E-state index contributed by atoms with van der Waals surface area (Å²) in [4.78, 5) is 13.6. The number of nitrogens with zero attached hydrogens (tertiary/aromatic N) is 2. The molecule has 0 aliphatic heterocycles. The van der Waals surface area contributed by atoms with E-state index in [0.29, 0.717) is 6.07 Å². The molecule has 1 N–H and O–H groups in total. The Bertz CT molecular complexity index is 441. The molecule has 0 fully saturated rings. The fraction of sp³-hybridized carbons (Fsp3) is 0.125. The molecule has 15 heavy (non-hydrogen) atoms. The fourth-order valence-corrected chi connectivity index (χ4v) is 0.849. The van der Waals surface area contributed by atoms with Gasteiger partial charge in [-0.05, 0) is 0 Å². The number of carbonyl (C=O) groups is 1. The number of nitrogens with one attached hydrogen (secondary N) is 1. The predicted molar refractivity (Wildman–Crippen MR) is 42.1 cm³/mol. The molecule has 0 unspecified atom stereocenters. The largest absolute Gasteiger partial charge is 0.339 e. The molecule has 0 saturated carbocycles. The third-order valence-corrected chi connectivity index (χ3v) is 1.46. The molecule has 7 heteroatoms. The van der Waals surface area contributed by atoms with Gasteiger partial charge in [-0.2, -0.15) is 19.0 Å². The van der Waals surface area contributed by atoms with E-state index in [1.165, 1.54) is 0 Å². The summed E-state index contributed by atoms with van der Waals surface area (Å²) < 4.78 is 38.0. The maximum Gasteiger partial charge on any atom is 0.255 e. The number of hydrogen-bond donors (Lipinski definition) is 1. The molecule has 0 aromatic carbocycles. The second kappa shape index (κ2) is 4.41. The first-order valence-corrected chi connectivity index (χ1v) is 3.73. The molecule has 0 aliphatic carbocycles. The van der Waals surface area contributed by atoms with Crippen LogP contribution in [-0.2, 0) is 0 Å². The summed E-state index contributed by atoms with van der Waals surface area (Å²) in [7, 11) is 0. The van der Waals surface area contributed by atoms with Crippen LogP contribution in [0.25, 0.3) is 0 Å². The van der Waals surface area contributed by atoms with Crippen LogP contribution in [0.2, 0.25) is 0 Å². The van der Waals surface area contributed by atoms with Gasteiger partial charge in [0.2, 0.25) is 5.95 Å². The Balaban J connectivity index is 3.04. The summed E-state index contributed by atoms with van der Waals surface area (Å²) >= 11 is 0. The lowest BCUT2D eigenvalue weighted by atomic mass is 10.2. The fourth-order valence-electron chi connectivity index (χ4n) is 0.849. The molecule has 1 rings (SSSR count). The van der Waals surface area contributed by atoms with E-state index in [0.717, 1.165) is 0 Å². The molecule has 78 valence electrons. The lowest BCUT2D eigenvalue weighted by Crippen LogP contribution is -2.25. The van der Waals surface area contributed by atoms with Gasteiger partial charge in [0.25, 0.3) is 11.9 Å². The minimum atomic E-state index is -1.70. The Morgan fingerprint density at radius 2 is 2.20 bits per heavy atom. The molecule has 0 bridgehead atoms. The van der Waals surface area contributed by atoms with Crippen molar-refractivity contribution in [3.8, 4) is 6.07 Å². The number of carbonyl (C=O) groups excluding carboxylic acids is 1. The molecule has 0 saturated heterocycles. The van der Waals surface area contributed by atoms with Crippen molar-refractivity contribution in [3.63, 3.8) is 0 Å². The van der Waals surface area contributed by atoms with Crippen LogP contribution in [-0.4, -0.2) is 17.4 Å². The summed E-state index contributed by atoms with van der Waals surface area (Å²) in [6, 6.07) is 2.01. The number of amides is 1. The molecule has 4 nitrogen and oxygen atoms in total. The van der Waals surface area contributed by atoms with Gasteiger partial charge in [-0.1, -0.05) is 0 Å². The van der Waals surface area contributed by atoms with E-state index in [9.17, 15) is 18.0 Å². The molecule has 0 atom stereocenters. The van der Waals surface area contributed by atoms with Crippen molar-refractivity contribution in [3.05, 3.63) is 29.3 Å². The minimum Gasteiger partial charge on any atom is -0.339 e. The smallest absolute Gasteiger partial charge is 0.255 e. The van der Waals surface area contributed by atoms with Crippen LogP contribution < -0.4 is 5.32 Å². The molecule has 1 heterocycles. The molecule has 1 aromatic rings. The topological polar surface area (TPSA) is 65.8 Å². The van der Waals surface area contributed by atoms with Gasteiger partial charge in [0.05, 0.1) is 11.6 Å². The van der Waals surface area contributed by atoms with E-state index in [4.69, 9.17) is 5.26 Å². The Labute approximate surface area is 82.3 Å². The Morgan fingerprint density at radius 1 is 1.53 bits per heavy atom. The van der Waals surface area contributed by atoms with E-state index < -0.39 is 29.2 Å². The summed E-state index contributed by atoms with van der Waals surface area (Å²) in [6.45, 7) is -0.385. The molecule has 1 aromatic heterocycles. The normalized spacial score (nSPS) is 9.47. The van der Waals surface area contributed by atoms with Crippen molar-refractivity contribution in [2.24, 2.45) is 0 Å². The van der Waals surface area contributed by atoms with E-state index in [2.05, 4.69) is 4.98 Å². The van der Waals surface area contributed by atoms with Gasteiger partial charge in [0.1, 0.15) is 6.54 Å². The minimum absolute atomic E-state index is 0.385. The molecular formula is C8H4F3N3O. The van der Waals surface area contributed by atoms with Gasteiger partial charge in [0.15, 0.2) is 5.82 Å². The van der Waals surface area contributed by atoms with E-state index in [1.54, 1.807) is 6.07 Å². The second-order valence-electron chi connectivity index (χ2n) is 2.44. The average molecular weight is 215 g/mol. The van der Waals surface area contributed by atoms with Gasteiger partial charge < -0.3 is 5.32 Å². The maximum atomic E-state index is 12.9. The van der Waals surface area contributed by atoms with Gasteiger partial charge in [-0.3, -0.25) is 4.79 Å². The lowest BCUT2D eigenvalue weighted by Gasteiger charge is -2.02. The Morgan fingerprint density at radius 3 is 2.80 bits per heavy atom. The highest BCUT2D eigenvalue weighted by molar-refractivity contribution is 5.94. The van der Waals surface area contributed by atoms with Crippen LogP contribution in [0.4, 0.5) is 13.2 Å². The number of pyridine rings is 1. The molecule has 0 spiro atoms. The molecule has 0 radical (unpaired) electrons. The summed E-state index contributed by atoms with van der Waals surface area (Å²) in [5.41, 5.74) is -0.824.